The Hall–Kier alpha value is -0.430. The van der Waals surface area contributed by atoms with Gasteiger partial charge in [-0.3, -0.25) is 0 Å². The van der Waals surface area contributed by atoms with Crippen molar-refractivity contribution >= 4 is 21.4 Å². The van der Waals surface area contributed by atoms with Crippen molar-refractivity contribution < 1.29 is 13.2 Å². The summed E-state index contributed by atoms with van der Waals surface area (Å²) >= 11 is 1.63. The van der Waals surface area contributed by atoms with Gasteiger partial charge in [0, 0.05) is 20.2 Å². The van der Waals surface area contributed by atoms with Gasteiger partial charge in [-0.1, -0.05) is 0 Å². The first kappa shape index (κ1) is 15.6. The van der Waals surface area contributed by atoms with Gasteiger partial charge in [-0.15, -0.1) is 0 Å². The molecule has 0 N–H and O–H groups in total. The highest BCUT2D eigenvalue weighted by molar-refractivity contribution is 7.89. The fourth-order valence-corrected chi connectivity index (χ4v) is 3.90. The number of nitrogens with zero attached hydrogens (tertiary/aromatic N) is 1. The molecule has 0 saturated carbocycles. The molecule has 4 nitrogen and oxygen atoms in total. The van der Waals surface area contributed by atoms with Crippen LogP contribution in [0.5, 0.6) is 0 Å². The number of hydrogen-bond acceptors (Lipinski definition) is 4. The van der Waals surface area contributed by atoms with Crippen LogP contribution in [0.15, 0.2) is 16.8 Å². The fourth-order valence-electron chi connectivity index (χ4n) is 1.63. The molecule has 6 heteroatoms. The van der Waals surface area contributed by atoms with Crippen LogP contribution in [0.25, 0.3) is 0 Å². The highest BCUT2D eigenvalue weighted by Crippen LogP contribution is 2.14. The molecule has 1 aromatic heterocycles. The average Bonchev–Trinajstić information content (AvgIpc) is 2.79. The van der Waals surface area contributed by atoms with Crippen LogP contribution in [0, 0.1) is 0 Å². The summed E-state index contributed by atoms with van der Waals surface area (Å²) < 4.78 is 30.7. The van der Waals surface area contributed by atoms with Gasteiger partial charge in [0.1, 0.15) is 0 Å². The van der Waals surface area contributed by atoms with Crippen LogP contribution in [0.3, 0.4) is 0 Å². The van der Waals surface area contributed by atoms with Crippen LogP contribution in [-0.2, 0) is 21.2 Å². The van der Waals surface area contributed by atoms with Crippen molar-refractivity contribution in [3.8, 4) is 0 Å². The Morgan fingerprint density at radius 1 is 1.44 bits per heavy atom. The Kier molecular flexibility index (Phi) is 5.78. The van der Waals surface area contributed by atoms with Crippen LogP contribution in [0.4, 0.5) is 0 Å². The van der Waals surface area contributed by atoms with E-state index in [4.69, 9.17) is 4.74 Å². The van der Waals surface area contributed by atoms with Crippen molar-refractivity contribution in [2.75, 3.05) is 19.9 Å². The minimum Gasteiger partial charge on any atom is -0.381 e. The molecule has 0 bridgehead atoms. The van der Waals surface area contributed by atoms with E-state index in [1.807, 2.05) is 18.4 Å². The highest BCUT2D eigenvalue weighted by Gasteiger charge is 2.25. The second-order valence-electron chi connectivity index (χ2n) is 4.53. The number of rotatable bonds is 7. The van der Waals surface area contributed by atoms with Gasteiger partial charge >= 0.3 is 0 Å². The molecule has 0 spiro atoms. The van der Waals surface area contributed by atoms with Gasteiger partial charge in [0.2, 0.25) is 10.0 Å². The van der Waals surface area contributed by atoms with E-state index in [1.54, 1.807) is 25.3 Å². The molecule has 0 radical (unpaired) electrons. The summed E-state index contributed by atoms with van der Waals surface area (Å²) in [5.41, 5.74) is 1.18. The topological polar surface area (TPSA) is 46.6 Å². The minimum absolute atomic E-state index is 0.0218. The number of sulfonamides is 1. The molecule has 0 amide bonds. The first-order valence-corrected chi connectivity index (χ1v) is 8.41. The van der Waals surface area contributed by atoms with Gasteiger partial charge in [0.15, 0.2) is 0 Å². The lowest BCUT2D eigenvalue weighted by Crippen LogP contribution is -2.40. The monoisotopic (exact) mass is 291 g/mol. The zero-order valence-corrected chi connectivity index (χ0v) is 12.9. The molecular weight excluding hydrogens is 270 g/mol. The summed E-state index contributed by atoms with van der Waals surface area (Å²) in [5.74, 6) is 0.0218. The normalized spacial score (nSPS) is 15.8. The average molecular weight is 291 g/mol. The molecule has 0 aliphatic heterocycles. The quantitative estimate of drug-likeness (QED) is 0.771. The van der Waals surface area contributed by atoms with Gasteiger partial charge in [0.05, 0.1) is 11.9 Å². The van der Waals surface area contributed by atoms with Gasteiger partial charge in [-0.2, -0.15) is 11.3 Å². The van der Waals surface area contributed by atoms with E-state index in [2.05, 4.69) is 5.38 Å². The van der Waals surface area contributed by atoms with Crippen LogP contribution in [0.2, 0.25) is 0 Å². The fraction of sp³-hybridized carbons (Fsp3) is 0.667. The molecule has 1 aromatic rings. The van der Waals surface area contributed by atoms with E-state index in [-0.39, 0.29) is 17.9 Å². The van der Waals surface area contributed by atoms with E-state index < -0.39 is 10.0 Å². The summed E-state index contributed by atoms with van der Waals surface area (Å²) in [7, 11) is -0.106. The van der Waals surface area contributed by atoms with Crippen LogP contribution in [0.1, 0.15) is 19.4 Å². The minimum atomic E-state index is -3.26. The van der Waals surface area contributed by atoms with Crippen LogP contribution in [-0.4, -0.2) is 44.8 Å². The largest absolute Gasteiger partial charge is 0.381 e. The molecule has 0 aliphatic rings. The molecule has 0 unspecified atom stereocenters. The summed E-state index contributed by atoms with van der Waals surface area (Å²) in [6.45, 7) is 3.68. The number of likely N-dealkylation sites (N-methyl/N-ethyl adjacent to an activating group) is 1. The molecular formula is C12H21NO3S2. The SMILES string of the molecule is CO[C@@H](C)CS(=O)(=O)N(C)[C@H](C)Cc1ccsc1. The van der Waals surface area contributed by atoms with Crippen molar-refractivity contribution in [2.24, 2.45) is 0 Å². The third-order valence-electron chi connectivity index (χ3n) is 3.02. The van der Waals surface area contributed by atoms with E-state index in [9.17, 15) is 8.42 Å². The molecule has 0 aliphatic carbocycles. The van der Waals surface area contributed by atoms with Crippen molar-refractivity contribution in [1.29, 1.82) is 0 Å². The van der Waals surface area contributed by atoms with Crippen molar-refractivity contribution in [2.45, 2.75) is 32.4 Å². The highest BCUT2D eigenvalue weighted by atomic mass is 32.2. The van der Waals surface area contributed by atoms with Crippen molar-refractivity contribution in [3.05, 3.63) is 22.4 Å². The lowest BCUT2D eigenvalue weighted by molar-refractivity contribution is 0.135. The standard InChI is InChI=1S/C12H21NO3S2/c1-10(7-12-5-6-17-8-12)13(3)18(14,15)9-11(2)16-4/h5-6,8,10-11H,7,9H2,1-4H3/t10-,11+/m1/s1. The maximum absolute atomic E-state index is 12.1. The lowest BCUT2D eigenvalue weighted by atomic mass is 10.1. The van der Waals surface area contributed by atoms with Gasteiger partial charge in [-0.25, -0.2) is 12.7 Å². The Labute approximate surface area is 114 Å². The van der Waals surface area contributed by atoms with Crippen molar-refractivity contribution in [3.63, 3.8) is 0 Å². The Balaban J connectivity index is 2.64. The van der Waals surface area contributed by atoms with Crippen molar-refractivity contribution in [1.82, 2.24) is 4.31 Å². The van der Waals surface area contributed by atoms with Crippen LogP contribution >= 0.6 is 11.3 Å². The summed E-state index contributed by atoms with van der Waals surface area (Å²) in [5, 5.41) is 4.05. The summed E-state index contributed by atoms with van der Waals surface area (Å²) in [6, 6.07) is 1.98. The Morgan fingerprint density at radius 3 is 2.61 bits per heavy atom. The number of ether oxygens (including phenoxy) is 1. The number of methoxy groups -OCH3 is 1. The molecule has 0 fully saturated rings. The van der Waals surface area contributed by atoms with Gasteiger partial charge in [0.25, 0.3) is 0 Å². The smallest absolute Gasteiger partial charge is 0.216 e. The maximum Gasteiger partial charge on any atom is 0.216 e. The third-order valence-corrected chi connectivity index (χ3v) is 5.88. The van der Waals surface area contributed by atoms with Gasteiger partial charge < -0.3 is 4.74 Å². The summed E-state index contributed by atoms with van der Waals surface area (Å²) in [4.78, 5) is 0. The molecule has 1 heterocycles. The predicted octanol–water partition coefficient (Wildman–Crippen LogP) is 1.98. The van der Waals surface area contributed by atoms with E-state index in [0.29, 0.717) is 0 Å². The van der Waals surface area contributed by atoms with E-state index in [0.717, 1.165) is 6.42 Å². The number of thiophene rings is 1. The maximum atomic E-state index is 12.1. The Bertz CT molecular complexity index is 442. The number of hydrogen-bond donors (Lipinski definition) is 0. The second kappa shape index (κ2) is 6.65. The van der Waals surface area contributed by atoms with E-state index in [1.165, 1.54) is 17.0 Å². The predicted molar refractivity (Wildman–Crippen MR) is 75.5 cm³/mol. The second-order valence-corrected chi connectivity index (χ2v) is 7.38. The lowest BCUT2D eigenvalue weighted by Gasteiger charge is -2.25. The Morgan fingerprint density at radius 2 is 2.11 bits per heavy atom. The molecule has 2 atom stereocenters. The zero-order valence-electron chi connectivity index (χ0n) is 11.3. The first-order valence-electron chi connectivity index (χ1n) is 5.86. The molecule has 1 rings (SSSR count). The zero-order chi connectivity index (χ0) is 13.8. The molecule has 104 valence electrons. The van der Waals surface area contributed by atoms with Crippen LogP contribution < -0.4 is 0 Å². The summed E-state index contributed by atoms with van der Waals surface area (Å²) in [6.07, 6.45) is 0.450. The van der Waals surface area contributed by atoms with Gasteiger partial charge in [-0.05, 0) is 42.7 Å². The molecule has 18 heavy (non-hydrogen) atoms. The first-order chi connectivity index (χ1) is 8.36. The third kappa shape index (κ3) is 4.35. The molecule has 0 aromatic carbocycles. The van der Waals surface area contributed by atoms with E-state index >= 15 is 0 Å². The molecule has 0 saturated heterocycles.